The summed E-state index contributed by atoms with van der Waals surface area (Å²) in [6.45, 7) is 7.61. The van der Waals surface area contributed by atoms with E-state index in [2.05, 4.69) is 46.1 Å². The van der Waals surface area contributed by atoms with Crippen LogP contribution in [0, 0.1) is 6.92 Å². The fourth-order valence-electron chi connectivity index (χ4n) is 3.00. The average molecular weight is 450 g/mol. The molecule has 3 aromatic rings. The SMILES string of the molecule is CCOc1cc(CNCCCn2ccnc2)cc(Cl)c1OCc1ccc(C)cc1.Cl. The van der Waals surface area contributed by atoms with Crippen LogP contribution in [0.5, 0.6) is 11.5 Å². The van der Waals surface area contributed by atoms with Crippen molar-refractivity contribution in [2.75, 3.05) is 13.2 Å². The van der Waals surface area contributed by atoms with E-state index < -0.39 is 0 Å². The Morgan fingerprint density at radius 3 is 2.60 bits per heavy atom. The lowest BCUT2D eigenvalue weighted by atomic mass is 10.1. The second-order valence-electron chi connectivity index (χ2n) is 6.94. The molecule has 0 atom stereocenters. The van der Waals surface area contributed by atoms with Gasteiger partial charge in [-0.25, -0.2) is 4.98 Å². The molecular formula is C23H29Cl2N3O2. The molecule has 0 saturated carbocycles. The molecule has 1 N–H and O–H groups in total. The van der Waals surface area contributed by atoms with Crippen molar-refractivity contribution in [1.29, 1.82) is 0 Å². The fraction of sp³-hybridized carbons (Fsp3) is 0.348. The van der Waals surface area contributed by atoms with Gasteiger partial charge in [-0.1, -0.05) is 41.4 Å². The third-order valence-corrected chi connectivity index (χ3v) is 4.81. The minimum Gasteiger partial charge on any atom is -0.490 e. The van der Waals surface area contributed by atoms with E-state index >= 15 is 0 Å². The summed E-state index contributed by atoms with van der Waals surface area (Å²) in [7, 11) is 0. The molecule has 3 rings (SSSR count). The number of nitrogens with one attached hydrogen (secondary N) is 1. The number of ether oxygens (including phenoxy) is 2. The molecule has 0 aliphatic carbocycles. The van der Waals surface area contributed by atoms with E-state index in [1.165, 1.54) is 5.56 Å². The van der Waals surface area contributed by atoms with Gasteiger partial charge in [-0.3, -0.25) is 0 Å². The second-order valence-corrected chi connectivity index (χ2v) is 7.35. The zero-order valence-corrected chi connectivity index (χ0v) is 19.0. The highest BCUT2D eigenvalue weighted by atomic mass is 35.5. The molecule has 5 nitrogen and oxygen atoms in total. The molecule has 0 amide bonds. The first-order chi connectivity index (χ1) is 14.2. The fourth-order valence-corrected chi connectivity index (χ4v) is 3.29. The summed E-state index contributed by atoms with van der Waals surface area (Å²) in [5, 5.41) is 4.02. The lowest BCUT2D eigenvalue weighted by Gasteiger charge is -2.16. The summed E-state index contributed by atoms with van der Waals surface area (Å²) in [6, 6.07) is 12.2. The van der Waals surface area contributed by atoms with Crippen molar-refractivity contribution in [2.45, 2.75) is 40.0 Å². The number of hydrogen-bond donors (Lipinski definition) is 1. The van der Waals surface area contributed by atoms with Gasteiger partial charge in [0, 0.05) is 25.5 Å². The largest absolute Gasteiger partial charge is 0.490 e. The van der Waals surface area contributed by atoms with Crippen molar-refractivity contribution < 1.29 is 9.47 Å². The van der Waals surface area contributed by atoms with Gasteiger partial charge in [0.05, 0.1) is 18.0 Å². The molecule has 0 bridgehead atoms. The Hall–Kier alpha value is -2.21. The van der Waals surface area contributed by atoms with Gasteiger partial charge in [0.15, 0.2) is 11.5 Å². The third kappa shape index (κ3) is 7.24. The van der Waals surface area contributed by atoms with Crippen LogP contribution < -0.4 is 14.8 Å². The molecule has 30 heavy (non-hydrogen) atoms. The molecular weight excluding hydrogens is 421 g/mol. The summed E-state index contributed by atoms with van der Waals surface area (Å²) < 4.78 is 13.9. The van der Waals surface area contributed by atoms with Crippen LogP contribution in [0.4, 0.5) is 0 Å². The van der Waals surface area contributed by atoms with E-state index in [0.29, 0.717) is 29.7 Å². The van der Waals surface area contributed by atoms with E-state index in [1.54, 1.807) is 6.20 Å². The quantitative estimate of drug-likeness (QED) is 0.396. The van der Waals surface area contributed by atoms with Gasteiger partial charge < -0.3 is 19.4 Å². The van der Waals surface area contributed by atoms with Crippen LogP contribution in [0.15, 0.2) is 55.1 Å². The Morgan fingerprint density at radius 1 is 1.10 bits per heavy atom. The molecule has 0 saturated heterocycles. The average Bonchev–Trinajstić information content (AvgIpc) is 3.22. The predicted molar refractivity (Wildman–Crippen MR) is 124 cm³/mol. The van der Waals surface area contributed by atoms with Crippen LogP contribution in [0.25, 0.3) is 0 Å². The molecule has 0 aliphatic rings. The summed E-state index contributed by atoms with van der Waals surface area (Å²) >= 11 is 6.53. The van der Waals surface area contributed by atoms with Crippen molar-refractivity contribution in [3.63, 3.8) is 0 Å². The lowest BCUT2D eigenvalue weighted by Crippen LogP contribution is -2.16. The number of aromatic nitrogens is 2. The molecule has 1 heterocycles. The Balaban J connectivity index is 0.00000320. The molecule has 0 unspecified atom stereocenters. The van der Waals surface area contributed by atoms with Crippen molar-refractivity contribution in [2.24, 2.45) is 0 Å². The molecule has 0 radical (unpaired) electrons. The highest BCUT2D eigenvalue weighted by Gasteiger charge is 2.13. The Bertz CT molecular complexity index is 884. The molecule has 2 aromatic carbocycles. The van der Waals surface area contributed by atoms with Crippen LogP contribution >= 0.6 is 24.0 Å². The van der Waals surface area contributed by atoms with Crippen LogP contribution in [-0.2, 0) is 19.7 Å². The van der Waals surface area contributed by atoms with E-state index in [0.717, 1.165) is 37.2 Å². The zero-order valence-electron chi connectivity index (χ0n) is 17.4. The maximum absolute atomic E-state index is 6.53. The minimum atomic E-state index is 0. The third-order valence-electron chi connectivity index (χ3n) is 4.53. The van der Waals surface area contributed by atoms with Crippen molar-refractivity contribution in [1.82, 2.24) is 14.9 Å². The topological polar surface area (TPSA) is 48.3 Å². The van der Waals surface area contributed by atoms with Gasteiger partial charge in [-0.15, -0.1) is 12.4 Å². The van der Waals surface area contributed by atoms with E-state index in [-0.39, 0.29) is 12.4 Å². The van der Waals surface area contributed by atoms with Crippen molar-refractivity contribution >= 4 is 24.0 Å². The monoisotopic (exact) mass is 449 g/mol. The summed E-state index contributed by atoms with van der Waals surface area (Å²) in [5.74, 6) is 1.28. The highest BCUT2D eigenvalue weighted by molar-refractivity contribution is 6.32. The van der Waals surface area contributed by atoms with Crippen LogP contribution in [0.2, 0.25) is 5.02 Å². The highest BCUT2D eigenvalue weighted by Crippen LogP contribution is 2.37. The molecule has 0 fully saturated rings. The zero-order chi connectivity index (χ0) is 20.5. The number of imidazole rings is 1. The normalized spacial score (nSPS) is 10.5. The maximum atomic E-state index is 6.53. The molecule has 162 valence electrons. The lowest BCUT2D eigenvalue weighted by molar-refractivity contribution is 0.269. The van der Waals surface area contributed by atoms with E-state index in [9.17, 15) is 0 Å². The first-order valence-corrected chi connectivity index (χ1v) is 10.3. The minimum absolute atomic E-state index is 0. The number of benzene rings is 2. The number of aryl methyl sites for hydroxylation is 2. The van der Waals surface area contributed by atoms with E-state index in [1.807, 2.05) is 31.6 Å². The van der Waals surface area contributed by atoms with Crippen molar-refractivity contribution in [3.8, 4) is 11.5 Å². The Morgan fingerprint density at radius 2 is 1.90 bits per heavy atom. The van der Waals surface area contributed by atoms with Gasteiger partial charge in [0.25, 0.3) is 0 Å². The Kier molecular flexibility index (Phi) is 10.0. The number of nitrogens with zero attached hydrogens (tertiary/aromatic N) is 2. The maximum Gasteiger partial charge on any atom is 0.180 e. The van der Waals surface area contributed by atoms with Crippen LogP contribution in [0.3, 0.4) is 0 Å². The molecule has 0 spiro atoms. The van der Waals surface area contributed by atoms with Crippen molar-refractivity contribution in [3.05, 3.63) is 76.8 Å². The number of halogens is 2. The first-order valence-electron chi connectivity index (χ1n) is 9.95. The van der Waals surface area contributed by atoms with Gasteiger partial charge >= 0.3 is 0 Å². The summed E-state index contributed by atoms with van der Waals surface area (Å²) in [4.78, 5) is 4.05. The summed E-state index contributed by atoms with van der Waals surface area (Å²) in [5.41, 5.74) is 3.39. The second kappa shape index (κ2) is 12.5. The smallest absolute Gasteiger partial charge is 0.180 e. The summed E-state index contributed by atoms with van der Waals surface area (Å²) in [6.07, 6.45) is 6.64. The van der Waals surface area contributed by atoms with Gasteiger partial charge in [-0.2, -0.15) is 0 Å². The van der Waals surface area contributed by atoms with Gasteiger partial charge in [-0.05, 0) is 50.1 Å². The van der Waals surface area contributed by atoms with Gasteiger partial charge in [0.1, 0.15) is 6.61 Å². The molecule has 0 aliphatic heterocycles. The predicted octanol–water partition coefficient (Wildman–Crippen LogP) is 5.42. The van der Waals surface area contributed by atoms with Crippen LogP contribution in [0.1, 0.15) is 30.0 Å². The number of hydrogen-bond acceptors (Lipinski definition) is 4. The molecule has 7 heteroatoms. The first kappa shape index (κ1) is 24.1. The number of rotatable bonds is 11. The van der Waals surface area contributed by atoms with Gasteiger partial charge in [0.2, 0.25) is 0 Å². The Labute approximate surface area is 189 Å². The molecule has 1 aromatic heterocycles. The van der Waals surface area contributed by atoms with E-state index in [4.69, 9.17) is 21.1 Å². The van der Waals surface area contributed by atoms with Crippen LogP contribution in [-0.4, -0.2) is 22.7 Å². The standard InChI is InChI=1S/C23H28ClN3O2.ClH/c1-3-28-22-14-20(15-25-9-4-11-27-12-10-26-17-27)13-21(24)23(22)29-16-19-7-5-18(2)6-8-19;/h5-8,10,12-14,17,25H,3-4,9,11,15-16H2,1-2H3;1H.